The van der Waals surface area contributed by atoms with Gasteiger partial charge in [0.05, 0.1) is 6.42 Å². The van der Waals surface area contributed by atoms with Gasteiger partial charge in [-0.05, 0) is 25.1 Å². The third-order valence-corrected chi connectivity index (χ3v) is 3.28. The lowest BCUT2D eigenvalue weighted by Gasteiger charge is -2.03. The molecule has 0 amide bonds. The quantitative estimate of drug-likeness (QED) is 0.369. The van der Waals surface area contributed by atoms with Crippen molar-refractivity contribution in [1.82, 2.24) is 4.57 Å². The van der Waals surface area contributed by atoms with E-state index in [0.717, 1.165) is 22.0 Å². The fourth-order valence-corrected chi connectivity index (χ4v) is 2.31. The van der Waals surface area contributed by atoms with E-state index in [2.05, 4.69) is 6.58 Å². The molecule has 0 bridgehead atoms. The number of fused-ring (bicyclic) bond motifs is 1. The number of hydrogen-bond acceptors (Lipinski definition) is 3. The van der Waals surface area contributed by atoms with Crippen molar-refractivity contribution >= 4 is 34.5 Å². The smallest absolute Gasteiger partial charge is 0.372 e. The highest BCUT2D eigenvalue weighted by Crippen LogP contribution is 2.23. The highest BCUT2D eigenvalue weighted by molar-refractivity contribution is 6.37. The van der Waals surface area contributed by atoms with Crippen LogP contribution in [0.4, 0.5) is 0 Å². The third-order valence-electron chi connectivity index (χ3n) is 3.28. The van der Waals surface area contributed by atoms with E-state index in [4.69, 9.17) is 5.11 Å². The number of aromatic nitrogens is 1. The molecule has 0 unspecified atom stereocenters. The minimum atomic E-state index is -1.59. The minimum Gasteiger partial charge on any atom is -0.475 e. The van der Waals surface area contributed by atoms with Crippen LogP contribution in [-0.2, 0) is 20.9 Å². The average Bonchev–Trinajstić information content (AvgIpc) is 2.82. The number of nitrogens with zero attached hydrogens (tertiary/aromatic N) is 1. The van der Waals surface area contributed by atoms with Crippen molar-refractivity contribution in [2.75, 3.05) is 0 Å². The molecular weight excluding hydrogens is 294 g/mol. The molecule has 0 atom stereocenters. The van der Waals surface area contributed by atoms with E-state index in [9.17, 15) is 14.4 Å². The highest BCUT2D eigenvalue weighted by atomic mass is 16.4. The predicted octanol–water partition coefficient (Wildman–Crippen LogP) is 2.84. The molecule has 0 aliphatic rings. The Morgan fingerprint density at radius 3 is 2.61 bits per heavy atom. The van der Waals surface area contributed by atoms with Crippen molar-refractivity contribution in [2.24, 2.45) is 0 Å². The Morgan fingerprint density at radius 1 is 1.26 bits per heavy atom. The topological polar surface area (TPSA) is 76.4 Å². The number of benzene rings is 1. The summed E-state index contributed by atoms with van der Waals surface area (Å²) in [4.78, 5) is 33.1. The monoisotopic (exact) mass is 311 g/mol. The second kappa shape index (κ2) is 6.87. The molecule has 2 rings (SSSR count). The summed E-state index contributed by atoms with van der Waals surface area (Å²) in [6, 6.07) is 7.75. The first kappa shape index (κ1) is 16.4. The predicted molar refractivity (Wildman–Crippen MR) is 88.1 cm³/mol. The number of carboxylic acid groups (broad SMARTS) is 1. The van der Waals surface area contributed by atoms with Gasteiger partial charge in [0.2, 0.25) is 5.78 Å². The molecule has 1 aromatic heterocycles. The molecule has 1 aromatic carbocycles. The van der Waals surface area contributed by atoms with Crippen LogP contribution in [-0.4, -0.2) is 27.2 Å². The molecule has 0 fully saturated rings. The summed E-state index contributed by atoms with van der Waals surface area (Å²) in [7, 11) is 0. The van der Waals surface area contributed by atoms with Crippen molar-refractivity contribution in [3.8, 4) is 0 Å². The van der Waals surface area contributed by atoms with Gasteiger partial charge in [-0.3, -0.25) is 9.59 Å². The Balaban J connectivity index is 2.28. The summed E-state index contributed by atoms with van der Waals surface area (Å²) in [5, 5.41) is 9.48. The van der Waals surface area contributed by atoms with Crippen molar-refractivity contribution < 1.29 is 19.5 Å². The van der Waals surface area contributed by atoms with Crippen LogP contribution in [0.1, 0.15) is 18.9 Å². The van der Waals surface area contributed by atoms with Crippen LogP contribution in [0, 0.1) is 0 Å². The van der Waals surface area contributed by atoms with E-state index in [1.165, 1.54) is 6.08 Å². The maximum atomic E-state index is 11.7. The SMILES string of the molecule is C=C(C)Cn1cc(/C=C/C(=O)CC(=O)C(=O)O)c2ccccc21. The molecule has 0 radical (unpaired) electrons. The number of allylic oxidation sites excluding steroid dienone is 2. The molecular formula is C18H17NO4. The molecule has 0 aliphatic carbocycles. The number of aliphatic carboxylic acids is 1. The fourth-order valence-electron chi connectivity index (χ4n) is 2.31. The van der Waals surface area contributed by atoms with Gasteiger partial charge in [0.25, 0.3) is 0 Å². The Bertz CT molecular complexity index is 827. The fraction of sp³-hybridized carbons (Fsp3) is 0.167. The molecule has 23 heavy (non-hydrogen) atoms. The Hall–Kier alpha value is -2.95. The lowest BCUT2D eigenvalue weighted by atomic mass is 10.1. The Morgan fingerprint density at radius 2 is 1.96 bits per heavy atom. The zero-order valence-corrected chi connectivity index (χ0v) is 12.8. The van der Waals surface area contributed by atoms with E-state index in [-0.39, 0.29) is 0 Å². The van der Waals surface area contributed by atoms with E-state index < -0.39 is 24.0 Å². The van der Waals surface area contributed by atoms with Crippen LogP contribution >= 0.6 is 0 Å². The zero-order valence-electron chi connectivity index (χ0n) is 12.8. The number of para-hydroxylation sites is 1. The lowest BCUT2D eigenvalue weighted by Crippen LogP contribution is -2.15. The summed E-state index contributed by atoms with van der Waals surface area (Å²) < 4.78 is 2.03. The van der Waals surface area contributed by atoms with Gasteiger partial charge < -0.3 is 9.67 Å². The van der Waals surface area contributed by atoms with Gasteiger partial charge in [-0.15, -0.1) is 0 Å². The summed E-state index contributed by atoms with van der Waals surface area (Å²) in [6.45, 7) is 6.51. The summed E-state index contributed by atoms with van der Waals surface area (Å²) in [6.07, 6.45) is 4.13. The third kappa shape index (κ3) is 4.03. The molecule has 1 N–H and O–H groups in total. The lowest BCUT2D eigenvalue weighted by molar-refractivity contribution is -0.149. The van der Waals surface area contributed by atoms with Crippen LogP contribution in [0.3, 0.4) is 0 Å². The van der Waals surface area contributed by atoms with Gasteiger partial charge in [-0.2, -0.15) is 0 Å². The van der Waals surface area contributed by atoms with Crippen molar-refractivity contribution in [3.63, 3.8) is 0 Å². The molecule has 0 saturated heterocycles. The summed E-state index contributed by atoms with van der Waals surface area (Å²) in [5.74, 6) is -3.23. The maximum Gasteiger partial charge on any atom is 0.372 e. The summed E-state index contributed by atoms with van der Waals surface area (Å²) >= 11 is 0. The van der Waals surface area contributed by atoms with Crippen LogP contribution in [0.5, 0.6) is 0 Å². The van der Waals surface area contributed by atoms with Gasteiger partial charge in [0.1, 0.15) is 0 Å². The van der Waals surface area contributed by atoms with Gasteiger partial charge in [0, 0.05) is 29.2 Å². The van der Waals surface area contributed by atoms with Gasteiger partial charge in [0.15, 0.2) is 5.78 Å². The van der Waals surface area contributed by atoms with Crippen LogP contribution < -0.4 is 0 Å². The number of Topliss-reactive ketones (excluding diaryl/α,β-unsaturated/α-hetero) is 1. The van der Waals surface area contributed by atoms with Crippen molar-refractivity contribution in [1.29, 1.82) is 0 Å². The number of ketones is 2. The van der Waals surface area contributed by atoms with Gasteiger partial charge in [-0.1, -0.05) is 30.4 Å². The van der Waals surface area contributed by atoms with Crippen molar-refractivity contribution in [2.45, 2.75) is 19.9 Å². The van der Waals surface area contributed by atoms with E-state index >= 15 is 0 Å². The zero-order chi connectivity index (χ0) is 17.0. The van der Waals surface area contributed by atoms with E-state index in [1.54, 1.807) is 6.08 Å². The second-order valence-corrected chi connectivity index (χ2v) is 5.39. The molecule has 2 aromatic rings. The molecule has 0 aliphatic heterocycles. The number of carbonyl (C=O) groups is 3. The van der Waals surface area contributed by atoms with Crippen LogP contribution in [0.15, 0.2) is 48.7 Å². The number of rotatable bonds is 7. The van der Waals surface area contributed by atoms with E-state index in [1.807, 2.05) is 42.0 Å². The normalized spacial score (nSPS) is 11.0. The minimum absolute atomic E-state index is 0.533. The maximum absolute atomic E-state index is 11.7. The Labute approximate surface area is 133 Å². The largest absolute Gasteiger partial charge is 0.475 e. The van der Waals surface area contributed by atoms with Crippen LogP contribution in [0.2, 0.25) is 0 Å². The summed E-state index contributed by atoms with van der Waals surface area (Å²) in [5.41, 5.74) is 2.85. The van der Waals surface area contributed by atoms with Crippen LogP contribution in [0.25, 0.3) is 17.0 Å². The Kier molecular flexibility index (Phi) is 4.91. The molecule has 1 heterocycles. The highest BCUT2D eigenvalue weighted by Gasteiger charge is 2.14. The first-order valence-electron chi connectivity index (χ1n) is 7.07. The number of hydrogen-bond donors (Lipinski definition) is 1. The van der Waals surface area contributed by atoms with E-state index in [0.29, 0.717) is 6.54 Å². The molecule has 5 heteroatoms. The molecule has 0 saturated carbocycles. The number of carbonyl (C=O) groups excluding carboxylic acids is 2. The number of carboxylic acids is 1. The van der Waals surface area contributed by atoms with Gasteiger partial charge in [-0.25, -0.2) is 4.79 Å². The first-order valence-corrected chi connectivity index (χ1v) is 7.07. The molecule has 118 valence electrons. The molecule has 5 nitrogen and oxygen atoms in total. The second-order valence-electron chi connectivity index (χ2n) is 5.39. The average molecular weight is 311 g/mol. The standard InChI is InChI=1S/C18H17NO4/c1-12(2)10-19-11-13(15-5-3-4-6-16(15)19)7-8-14(20)9-17(21)18(22)23/h3-8,11H,1,9-10H2,2H3,(H,22,23)/b8-7+. The first-order chi connectivity index (χ1) is 10.9. The van der Waals surface area contributed by atoms with Crippen molar-refractivity contribution in [3.05, 3.63) is 54.3 Å². The molecule has 0 spiro atoms. The van der Waals surface area contributed by atoms with Gasteiger partial charge >= 0.3 is 5.97 Å².